The predicted molar refractivity (Wildman–Crippen MR) is 75.2 cm³/mol. The maximum absolute atomic E-state index is 12.4. The lowest BCUT2D eigenvalue weighted by Crippen LogP contribution is -2.55. The van der Waals surface area contributed by atoms with Crippen LogP contribution in [0.25, 0.3) is 0 Å². The zero-order valence-electron chi connectivity index (χ0n) is 12.4. The van der Waals surface area contributed by atoms with Crippen molar-refractivity contribution < 1.29 is 19.1 Å². The monoisotopic (exact) mass is 297 g/mol. The molecule has 2 aliphatic heterocycles. The summed E-state index contributed by atoms with van der Waals surface area (Å²) < 4.78 is 4.98. The van der Waals surface area contributed by atoms with Gasteiger partial charge in [0.15, 0.2) is 0 Å². The Morgan fingerprint density at radius 3 is 2.52 bits per heavy atom. The minimum absolute atomic E-state index is 0.0738. The first kappa shape index (κ1) is 15.6. The second-order valence-electron chi connectivity index (χ2n) is 5.76. The third kappa shape index (κ3) is 3.86. The van der Waals surface area contributed by atoms with Gasteiger partial charge in [-0.05, 0) is 19.8 Å². The highest BCUT2D eigenvalue weighted by Gasteiger charge is 2.37. The Hall–Kier alpha value is -1.79. The number of nitrogens with two attached hydrogens (primary N) is 1. The van der Waals surface area contributed by atoms with Gasteiger partial charge in [-0.2, -0.15) is 0 Å². The van der Waals surface area contributed by atoms with E-state index < -0.39 is 0 Å². The largest absolute Gasteiger partial charge is 0.450 e. The Balaban J connectivity index is 1.80. The van der Waals surface area contributed by atoms with Crippen molar-refractivity contribution >= 4 is 17.9 Å². The molecule has 2 heterocycles. The molecule has 0 saturated carbocycles. The van der Waals surface area contributed by atoms with Crippen molar-refractivity contribution in [2.24, 2.45) is 17.6 Å². The van der Waals surface area contributed by atoms with Crippen LogP contribution in [0.4, 0.5) is 4.79 Å². The molecule has 21 heavy (non-hydrogen) atoms. The second-order valence-corrected chi connectivity index (χ2v) is 5.76. The molecule has 0 aromatic carbocycles. The Kier molecular flexibility index (Phi) is 5.03. The lowest BCUT2D eigenvalue weighted by atomic mass is 9.91. The van der Waals surface area contributed by atoms with E-state index in [-0.39, 0.29) is 29.7 Å². The van der Waals surface area contributed by atoms with Crippen LogP contribution in [0, 0.1) is 11.8 Å². The third-order valence-corrected chi connectivity index (χ3v) is 4.06. The van der Waals surface area contributed by atoms with Gasteiger partial charge in [0.1, 0.15) is 0 Å². The smallest absolute Gasteiger partial charge is 0.409 e. The van der Waals surface area contributed by atoms with Gasteiger partial charge in [-0.3, -0.25) is 9.59 Å². The molecule has 0 unspecified atom stereocenters. The highest BCUT2D eigenvalue weighted by Crippen LogP contribution is 2.25. The van der Waals surface area contributed by atoms with Crippen LogP contribution in [0.2, 0.25) is 0 Å². The molecule has 2 fully saturated rings. The summed E-state index contributed by atoms with van der Waals surface area (Å²) in [6, 6.07) is 0. The molecular weight excluding hydrogens is 274 g/mol. The number of primary amides is 1. The molecule has 0 radical (unpaired) electrons. The quantitative estimate of drug-likeness (QED) is 0.801. The number of carbonyl (C=O) groups is 3. The molecule has 0 aliphatic carbocycles. The highest BCUT2D eigenvalue weighted by molar-refractivity contribution is 5.81. The van der Waals surface area contributed by atoms with E-state index in [4.69, 9.17) is 10.5 Å². The highest BCUT2D eigenvalue weighted by atomic mass is 16.6. The van der Waals surface area contributed by atoms with Crippen LogP contribution in [0.15, 0.2) is 0 Å². The summed E-state index contributed by atoms with van der Waals surface area (Å²) in [5, 5.41) is 0. The van der Waals surface area contributed by atoms with Gasteiger partial charge < -0.3 is 20.3 Å². The molecule has 0 spiro atoms. The van der Waals surface area contributed by atoms with Crippen molar-refractivity contribution in [3.8, 4) is 0 Å². The molecule has 7 nitrogen and oxygen atoms in total. The van der Waals surface area contributed by atoms with Crippen LogP contribution < -0.4 is 5.73 Å². The van der Waals surface area contributed by atoms with E-state index in [1.165, 1.54) is 0 Å². The molecule has 3 amide bonds. The number of likely N-dealkylation sites (tertiary alicyclic amines) is 2. The number of hydrogen-bond acceptors (Lipinski definition) is 4. The maximum atomic E-state index is 12.4. The fourth-order valence-corrected chi connectivity index (χ4v) is 2.98. The first-order valence-electron chi connectivity index (χ1n) is 7.50. The van der Waals surface area contributed by atoms with Crippen LogP contribution in [0.1, 0.15) is 26.2 Å². The van der Waals surface area contributed by atoms with Crippen LogP contribution in [-0.2, 0) is 14.3 Å². The standard InChI is InChI=1S/C14H23N3O4/c1-2-21-14(20)16-5-3-4-11(9-16)13(19)17-7-10(8-17)6-12(15)18/h10-11H,2-9H2,1H3,(H2,15,18)/t11-/m0/s1. The topological polar surface area (TPSA) is 92.9 Å². The number of nitrogens with zero attached hydrogens (tertiary/aromatic N) is 2. The van der Waals surface area contributed by atoms with Crippen molar-refractivity contribution in [2.45, 2.75) is 26.2 Å². The zero-order chi connectivity index (χ0) is 15.4. The van der Waals surface area contributed by atoms with Crippen LogP contribution in [-0.4, -0.2) is 60.5 Å². The summed E-state index contributed by atoms with van der Waals surface area (Å²) in [5.74, 6) is -0.211. The van der Waals surface area contributed by atoms with Crippen LogP contribution in [0.3, 0.4) is 0 Å². The molecular formula is C14H23N3O4. The zero-order valence-corrected chi connectivity index (χ0v) is 12.4. The average molecular weight is 297 g/mol. The fraction of sp³-hybridized carbons (Fsp3) is 0.786. The number of piperidine rings is 1. The Labute approximate surface area is 124 Å². The molecule has 0 bridgehead atoms. The van der Waals surface area contributed by atoms with Gasteiger partial charge in [0.05, 0.1) is 12.5 Å². The lowest BCUT2D eigenvalue weighted by Gasteiger charge is -2.42. The second kappa shape index (κ2) is 6.78. The summed E-state index contributed by atoms with van der Waals surface area (Å²) in [7, 11) is 0. The number of hydrogen-bond donors (Lipinski definition) is 1. The van der Waals surface area contributed by atoms with E-state index >= 15 is 0 Å². The van der Waals surface area contributed by atoms with E-state index in [0.29, 0.717) is 39.2 Å². The van der Waals surface area contributed by atoms with Gasteiger partial charge in [-0.15, -0.1) is 0 Å². The van der Waals surface area contributed by atoms with Crippen molar-refractivity contribution in [2.75, 3.05) is 32.8 Å². The Bertz CT molecular complexity index is 420. The van der Waals surface area contributed by atoms with Gasteiger partial charge in [-0.25, -0.2) is 4.79 Å². The summed E-state index contributed by atoms with van der Waals surface area (Å²) in [5.41, 5.74) is 5.15. The molecule has 1 atom stereocenters. The minimum Gasteiger partial charge on any atom is -0.450 e. The Morgan fingerprint density at radius 2 is 1.90 bits per heavy atom. The predicted octanol–water partition coefficient (Wildman–Crippen LogP) is 0.189. The SMILES string of the molecule is CCOC(=O)N1CCC[C@H](C(=O)N2CC(CC(N)=O)C2)C1. The molecule has 7 heteroatoms. The number of rotatable bonds is 4. The van der Waals surface area contributed by atoms with E-state index in [1.807, 2.05) is 0 Å². The van der Waals surface area contributed by atoms with Crippen molar-refractivity contribution in [3.05, 3.63) is 0 Å². The van der Waals surface area contributed by atoms with E-state index in [2.05, 4.69) is 0 Å². The van der Waals surface area contributed by atoms with Crippen LogP contribution >= 0.6 is 0 Å². The molecule has 0 aromatic heterocycles. The van der Waals surface area contributed by atoms with Gasteiger partial charge in [0.2, 0.25) is 11.8 Å². The van der Waals surface area contributed by atoms with Crippen molar-refractivity contribution in [1.82, 2.24) is 9.80 Å². The molecule has 2 aliphatic rings. The number of amides is 3. The van der Waals surface area contributed by atoms with Crippen molar-refractivity contribution in [1.29, 1.82) is 0 Å². The van der Waals surface area contributed by atoms with Crippen LogP contribution in [0.5, 0.6) is 0 Å². The summed E-state index contributed by atoms with van der Waals surface area (Å²) in [6.45, 7) is 4.37. The van der Waals surface area contributed by atoms with Gasteiger partial charge >= 0.3 is 6.09 Å². The van der Waals surface area contributed by atoms with Gasteiger partial charge in [-0.1, -0.05) is 0 Å². The first-order valence-corrected chi connectivity index (χ1v) is 7.50. The van der Waals surface area contributed by atoms with Gasteiger partial charge in [0.25, 0.3) is 0 Å². The molecule has 2 N–H and O–H groups in total. The maximum Gasteiger partial charge on any atom is 0.409 e. The molecule has 2 rings (SSSR count). The number of carbonyl (C=O) groups excluding carboxylic acids is 3. The normalized spacial score (nSPS) is 22.6. The molecule has 2 saturated heterocycles. The number of ether oxygens (including phenoxy) is 1. The Morgan fingerprint density at radius 1 is 1.19 bits per heavy atom. The van der Waals surface area contributed by atoms with Crippen molar-refractivity contribution in [3.63, 3.8) is 0 Å². The van der Waals surface area contributed by atoms with Gasteiger partial charge in [0, 0.05) is 38.5 Å². The summed E-state index contributed by atoms with van der Waals surface area (Å²) in [4.78, 5) is 38.3. The molecule has 118 valence electrons. The minimum atomic E-state index is -0.342. The van der Waals surface area contributed by atoms with E-state index in [1.54, 1.807) is 16.7 Å². The lowest BCUT2D eigenvalue weighted by molar-refractivity contribution is -0.144. The average Bonchev–Trinajstić information content (AvgIpc) is 2.42. The van der Waals surface area contributed by atoms with E-state index in [9.17, 15) is 14.4 Å². The summed E-state index contributed by atoms with van der Waals surface area (Å²) >= 11 is 0. The molecule has 0 aromatic rings. The fourth-order valence-electron chi connectivity index (χ4n) is 2.98. The first-order chi connectivity index (χ1) is 10.0. The third-order valence-electron chi connectivity index (χ3n) is 4.06. The summed E-state index contributed by atoms with van der Waals surface area (Å²) in [6.07, 6.45) is 1.60. The van der Waals surface area contributed by atoms with E-state index in [0.717, 1.165) is 12.8 Å².